The first kappa shape index (κ1) is 39.2. The van der Waals surface area contributed by atoms with Crippen LogP contribution in [0, 0.1) is 24.4 Å². The first-order valence-corrected chi connectivity index (χ1v) is 17.0. The Balaban J connectivity index is 0.000000266. The molecular weight excluding hydrogens is 712 g/mol. The summed E-state index contributed by atoms with van der Waals surface area (Å²) in [4.78, 5) is 0. The minimum atomic E-state index is -0.589. The fourth-order valence-electron chi connectivity index (χ4n) is 4.38. The van der Waals surface area contributed by atoms with Gasteiger partial charge in [0.05, 0.1) is 17.8 Å². The molecule has 0 aromatic heterocycles. The smallest absolute Gasteiger partial charge is 0.495 e. The van der Waals surface area contributed by atoms with Crippen LogP contribution in [0.25, 0.3) is 0 Å². The molecule has 0 amide bonds. The van der Waals surface area contributed by atoms with E-state index in [1.165, 1.54) is 24.3 Å². The van der Waals surface area contributed by atoms with Gasteiger partial charge >= 0.3 is 7.12 Å². The number of hydrogen-bond donors (Lipinski definition) is 1. The van der Waals surface area contributed by atoms with E-state index in [1.807, 2.05) is 47.6 Å². The maximum Gasteiger partial charge on any atom is 0.495 e. The topological polar surface area (TPSA) is 47.9 Å². The van der Waals surface area contributed by atoms with Crippen LogP contribution in [-0.2, 0) is 28.6 Å². The molecule has 4 nitrogen and oxygen atoms in total. The van der Waals surface area contributed by atoms with E-state index >= 15 is 0 Å². The number of aromatic hydroxyl groups is 1. The van der Waals surface area contributed by atoms with Gasteiger partial charge in [0, 0.05) is 8.95 Å². The maximum atomic E-state index is 14.4. The molecule has 3 aromatic carbocycles. The number of rotatable bonds is 8. The number of ether oxygens (including phenoxy) is 1. The van der Waals surface area contributed by atoms with Crippen LogP contribution < -0.4 is 10.2 Å². The van der Waals surface area contributed by atoms with E-state index < -0.39 is 24.1 Å². The van der Waals surface area contributed by atoms with Crippen LogP contribution in [0.15, 0.2) is 45.3 Å². The average molecular weight is 758 g/mol. The second-order valence-electron chi connectivity index (χ2n) is 11.9. The molecule has 1 aliphatic rings. The van der Waals surface area contributed by atoms with Gasteiger partial charge in [-0.2, -0.15) is 0 Å². The van der Waals surface area contributed by atoms with Crippen LogP contribution in [0.5, 0.6) is 11.5 Å². The molecule has 0 aliphatic carbocycles. The molecule has 248 valence electrons. The molecule has 0 bridgehead atoms. The number of phenols is 1. The lowest BCUT2D eigenvalue weighted by atomic mass is 9.75. The molecule has 10 heteroatoms. The largest absolute Gasteiger partial charge is 0.505 e. The number of unbranched alkanes of at least 4 members (excludes halogenated alkanes) is 1. The lowest BCUT2D eigenvalue weighted by Crippen LogP contribution is -2.41. The van der Waals surface area contributed by atoms with Crippen molar-refractivity contribution in [3.05, 3.63) is 85.0 Å². The average Bonchev–Trinajstić information content (AvgIpc) is 3.20. The van der Waals surface area contributed by atoms with Crippen LogP contribution in [-0.4, -0.2) is 30.0 Å². The van der Waals surface area contributed by atoms with Crippen molar-refractivity contribution in [3.63, 3.8) is 0 Å². The molecule has 0 unspecified atom stereocenters. The highest BCUT2D eigenvalue weighted by atomic mass is 79.9. The second kappa shape index (κ2) is 17.2. The standard InChI is InChI=1S/C18H28BFO3.C9H10BrF.C8H8BrFO/c1-7-9-10-21-16-11-13(8-2)14(12-15(16)20)19-22-17(3,4)18(5,6)23-19;1-3-7-4-6(2)9(11)5-8(7)10;1-2-5-3-8(11)7(10)4-6(5)9/h11-12H,7-10H2,1-6H3;4-5H,3H2,1-2H3;3-4,11H,2H2,1H3. The monoisotopic (exact) mass is 756 g/mol. The third kappa shape index (κ3) is 10.5. The number of hydrogen-bond acceptors (Lipinski definition) is 4. The van der Waals surface area contributed by atoms with E-state index in [-0.39, 0.29) is 17.4 Å². The Kier molecular flexibility index (Phi) is 15.0. The zero-order chi connectivity index (χ0) is 34.1. The van der Waals surface area contributed by atoms with Crippen LogP contribution in [0.2, 0.25) is 0 Å². The lowest BCUT2D eigenvalue weighted by Gasteiger charge is -2.32. The van der Waals surface area contributed by atoms with Gasteiger partial charge in [0.1, 0.15) is 5.82 Å². The van der Waals surface area contributed by atoms with Crippen molar-refractivity contribution in [1.29, 1.82) is 0 Å². The fraction of sp³-hybridized carbons (Fsp3) is 0.486. The summed E-state index contributed by atoms with van der Waals surface area (Å²) in [6, 6.07) is 9.38. The summed E-state index contributed by atoms with van der Waals surface area (Å²) in [5, 5.41) is 8.96. The highest BCUT2D eigenvalue weighted by Gasteiger charge is 2.52. The van der Waals surface area contributed by atoms with E-state index in [0.717, 1.165) is 58.7 Å². The van der Waals surface area contributed by atoms with Crippen molar-refractivity contribution in [3.8, 4) is 11.5 Å². The van der Waals surface area contributed by atoms with Crippen molar-refractivity contribution in [2.24, 2.45) is 0 Å². The predicted molar refractivity (Wildman–Crippen MR) is 185 cm³/mol. The Labute approximate surface area is 284 Å². The van der Waals surface area contributed by atoms with Crippen molar-refractivity contribution in [2.75, 3.05) is 6.61 Å². The Morgan fingerprint density at radius 1 is 0.733 bits per heavy atom. The second-order valence-corrected chi connectivity index (χ2v) is 13.6. The molecule has 0 atom stereocenters. The van der Waals surface area contributed by atoms with Crippen molar-refractivity contribution < 1.29 is 32.3 Å². The molecule has 45 heavy (non-hydrogen) atoms. The normalized spacial score (nSPS) is 14.8. The van der Waals surface area contributed by atoms with Crippen molar-refractivity contribution in [1.82, 2.24) is 0 Å². The molecule has 0 saturated carbocycles. The molecule has 1 saturated heterocycles. The molecular formula is C35H46BBr2F3O4. The maximum absolute atomic E-state index is 14.4. The quantitative estimate of drug-likeness (QED) is 0.184. The Morgan fingerprint density at radius 2 is 1.24 bits per heavy atom. The summed E-state index contributed by atoms with van der Waals surface area (Å²) in [7, 11) is -0.547. The van der Waals surface area contributed by atoms with Gasteiger partial charge in [-0.15, -0.1) is 0 Å². The first-order chi connectivity index (χ1) is 21.0. The molecule has 1 fully saturated rings. The summed E-state index contributed by atoms with van der Waals surface area (Å²) < 4.78 is 59.1. The Hall–Kier alpha value is -2.01. The number of phenolic OH excluding ortho intramolecular Hbond substituents is 1. The number of aryl methyl sites for hydroxylation is 4. The number of benzene rings is 3. The van der Waals surface area contributed by atoms with Crippen molar-refractivity contribution >= 4 is 44.4 Å². The molecule has 1 N–H and O–H groups in total. The lowest BCUT2D eigenvalue weighted by molar-refractivity contribution is 0.00578. The summed E-state index contributed by atoms with van der Waals surface area (Å²) >= 11 is 6.49. The molecule has 0 radical (unpaired) electrons. The van der Waals surface area contributed by atoms with E-state index in [1.54, 1.807) is 13.0 Å². The molecule has 3 aromatic rings. The van der Waals surface area contributed by atoms with Gasteiger partial charge in [0.25, 0.3) is 0 Å². The predicted octanol–water partition coefficient (Wildman–Crippen LogP) is 10.2. The van der Waals surface area contributed by atoms with Gasteiger partial charge in [0.15, 0.2) is 23.1 Å². The van der Waals surface area contributed by atoms with Crippen LogP contribution in [0.4, 0.5) is 13.2 Å². The Morgan fingerprint density at radius 3 is 1.76 bits per heavy atom. The van der Waals surface area contributed by atoms with E-state index in [4.69, 9.17) is 19.2 Å². The zero-order valence-corrected chi connectivity index (χ0v) is 31.0. The summed E-state index contributed by atoms with van der Waals surface area (Å²) in [6.45, 7) is 18.4. The van der Waals surface area contributed by atoms with Gasteiger partial charge in [-0.25, -0.2) is 13.2 Å². The molecule has 4 rings (SSSR count). The third-order valence-electron chi connectivity index (χ3n) is 8.04. The molecule has 1 heterocycles. The molecule has 0 spiro atoms. The van der Waals surface area contributed by atoms with E-state index in [2.05, 4.69) is 45.7 Å². The summed E-state index contributed by atoms with van der Waals surface area (Å²) in [6.07, 6.45) is 4.41. The van der Waals surface area contributed by atoms with Gasteiger partial charge in [-0.1, -0.05) is 72.0 Å². The highest BCUT2D eigenvalue weighted by molar-refractivity contribution is 9.10. The minimum absolute atomic E-state index is 0.144. The summed E-state index contributed by atoms with van der Waals surface area (Å²) in [5.41, 5.74) is 3.66. The third-order valence-corrected chi connectivity index (χ3v) is 9.52. The van der Waals surface area contributed by atoms with Gasteiger partial charge in [-0.3, -0.25) is 0 Å². The van der Waals surface area contributed by atoms with Gasteiger partial charge < -0.3 is 19.2 Å². The van der Waals surface area contributed by atoms with Crippen LogP contribution in [0.3, 0.4) is 0 Å². The van der Waals surface area contributed by atoms with Crippen LogP contribution in [0.1, 0.15) is 90.5 Å². The molecule has 1 aliphatic heterocycles. The van der Waals surface area contributed by atoms with E-state index in [0.29, 0.717) is 22.4 Å². The van der Waals surface area contributed by atoms with Gasteiger partial charge in [-0.05, 0) is 118 Å². The SMILES string of the molecule is CCCCOc1cc(CC)c(B2OC(C)(C)C(C)(C)O2)cc1F.CCc1cc(C)c(F)cc1Br.CCc1cc(O)c(F)cc1Br. The van der Waals surface area contributed by atoms with Gasteiger partial charge in [0.2, 0.25) is 0 Å². The van der Waals surface area contributed by atoms with E-state index in [9.17, 15) is 13.2 Å². The van der Waals surface area contributed by atoms with Crippen LogP contribution >= 0.6 is 31.9 Å². The minimum Gasteiger partial charge on any atom is -0.505 e. The number of halogens is 5. The summed E-state index contributed by atoms with van der Waals surface area (Å²) in [5.74, 6) is -1.06. The first-order valence-electron chi connectivity index (χ1n) is 15.4. The highest BCUT2D eigenvalue weighted by Crippen LogP contribution is 2.37. The zero-order valence-electron chi connectivity index (χ0n) is 27.8. The fourth-order valence-corrected chi connectivity index (χ4v) is 5.57. The van der Waals surface area contributed by atoms with Crippen molar-refractivity contribution in [2.45, 2.75) is 106 Å². The Bertz CT molecular complexity index is 1360.